The number of nitrogens with one attached hydrogen (secondary N) is 1. The first-order valence-electron chi connectivity index (χ1n) is 8.67. The summed E-state index contributed by atoms with van der Waals surface area (Å²) in [5, 5.41) is 14.5. The minimum Gasteiger partial charge on any atom is -0.407 e. The Morgan fingerprint density at radius 3 is 2.85 bits per heavy atom. The smallest absolute Gasteiger partial charge is 0.322 e. The van der Waals surface area contributed by atoms with E-state index in [2.05, 4.69) is 20.6 Å². The second-order valence-corrected chi connectivity index (χ2v) is 6.17. The molecule has 1 aliphatic rings. The van der Waals surface area contributed by atoms with Crippen molar-refractivity contribution in [2.75, 3.05) is 16.8 Å². The third-order valence-corrected chi connectivity index (χ3v) is 4.45. The highest BCUT2D eigenvalue weighted by atomic mass is 16.4. The summed E-state index contributed by atoms with van der Waals surface area (Å²) in [5.41, 5.74) is 1.24. The maximum atomic E-state index is 12.3. The third kappa shape index (κ3) is 3.31. The lowest BCUT2D eigenvalue weighted by Crippen LogP contribution is -2.24. The zero-order valence-corrected chi connectivity index (χ0v) is 14.7. The van der Waals surface area contributed by atoms with Crippen LogP contribution in [0.3, 0.4) is 0 Å². The summed E-state index contributed by atoms with van der Waals surface area (Å²) in [6, 6.07) is 11.1. The normalized spacial score (nSPS) is 16.7. The van der Waals surface area contributed by atoms with Gasteiger partial charge in [-0.25, -0.2) is 0 Å². The van der Waals surface area contributed by atoms with Gasteiger partial charge in [-0.05, 0) is 25.1 Å². The molecule has 0 bridgehead atoms. The molecule has 0 spiro atoms. The van der Waals surface area contributed by atoms with Crippen LogP contribution in [0.1, 0.15) is 35.6 Å². The summed E-state index contributed by atoms with van der Waals surface area (Å²) in [7, 11) is 0. The van der Waals surface area contributed by atoms with Gasteiger partial charge < -0.3 is 9.32 Å². The van der Waals surface area contributed by atoms with Crippen molar-refractivity contribution in [3.05, 3.63) is 54.2 Å². The largest absolute Gasteiger partial charge is 0.407 e. The average molecular weight is 366 g/mol. The van der Waals surface area contributed by atoms with Gasteiger partial charge in [-0.15, -0.1) is 5.10 Å². The van der Waals surface area contributed by atoms with Gasteiger partial charge in [-0.3, -0.25) is 19.6 Å². The van der Waals surface area contributed by atoms with Crippen LogP contribution in [-0.2, 0) is 11.3 Å². The average Bonchev–Trinajstić information content (AvgIpc) is 3.41. The fourth-order valence-corrected chi connectivity index (χ4v) is 3.12. The van der Waals surface area contributed by atoms with Crippen molar-refractivity contribution in [2.24, 2.45) is 0 Å². The lowest BCUT2D eigenvalue weighted by molar-refractivity contribution is -0.117. The van der Waals surface area contributed by atoms with Crippen molar-refractivity contribution >= 4 is 23.5 Å². The number of aromatic nitrogens is 4. The summed E-state index contributed by atoms with van der Waals surface area (Å²) in [5.74, 6) is -0.252. The quantitative estimate of drug-likeness (QED) is 0.741. The number of carbonyl (C=O) groups excluding carboxylic acids is 2. The van der Waals surface area contributed by atoms with E-state index in [-0.39, 0.29) is 30.2 Å². The summed E-state index contributed by atoms with van der Waals surface area (Å²) in [6.07, 6.45) is 1.84. The highest BCUT2D eigenvalue weighted by Gasteiger charge is 2.35. The summed E-state index contributed by atoms with van der Waals surface area (Å²) >= 11 is 0. The van der Waals surface area contributed by atoms with Crippen LogP contribution >= 0.6 is 0 Å². The molecule has 1 fully saturated rings. The fraction of sp³-hybridized carbons (Fsp3) is 0.278. The molecule has 4 rings (SSSR count). The Balaban J connectivity index is 1.45. The molecule has 0 saturated carbocycles. The number of para-hydroxylation sites is 1. The van der Waals surface area contributed by atoms with Crippen LogP contribution in [0.2, 0.25) is 0 Å². The van der Waals surface area contributed by atoms with E-state index in [0.29, 0.717) is 24.7 Å². The van der Waals surface area contributed by atoms with Crippen molar-refractivity contribution < 1.29 is 14.0 Å². The van der Waals surface area contributed by atoms with E-state index in [1.165, 1.54) is 0 Å². The van der Waals surface area contributed by atoms with Crippen LogP contribution in [0, 0.1) is 0 Å². The fourth-order valence-electron chi connectivity index (χ4n) is 3.12. The number of rotatable bonds is 5. The van der Waals surface area contributed by atoms with Crippen molar-refractivity contribution in [3.8, 4) is 0 Å². The van der Waals surface area contributed by atoms with Crippen LogP contribution < -0.4 is 10.2 Å². The van der Waals surface area contributed by atoms with Crippen molar-refractivity contribution in [1.82, 2.24) is 20.0 Å². The van der Waals surface area contributed by atoms with E-state index < -0.39 is 0 Å². The molecule has 1 N–H and O–H groups in total. The van der Waals surface area contributed by atoms with E-state index in [1.54, 1.807) is 21.8 Å². The zero-order chi connectivity index (χ0) is 18.8. The number of nitrogens with zero attached hydrogens (tertiary/aromatic N) is 5. The molecule has 3 heterocycles. The number of amides is 2. The van der Waals surface area contributed by atoms with Gasteiger partial charge in [-0.2, -0.15) is 5.10 Å². The predicted octanol–water partition coefficient (Wildman–Crippen LogP) is 2.06. The second-order valence-electron chi connectivity index (χ2n) is 6.17. The van der Waals surface area contributed by atoms with Crippen LogP contribution in [0.15, 0.2) is 47.0 Å². The first-order valence-corrected chi connectivity index (χ1v) is 8.67. The highest BCUT2D eigenvalue weighted by Crippen LogP contribution is 2.31. The molecular weight excluding hydrogens is 348 g/mol. The van der Waals surface area contributed by atoms with Gasteiger partial charge in [0, 0.05) is 31.4 Å². The standard InChI is InChI=1S/C18H18N6O3/c1-2-24-14(8-9-19-24)16(26)20-18-22-21-17(27-18)12-10-15(25)23(11-12)13-6-4-3-5-7-13/h3-9,12H,2,10-11H2,1H3,(H,20,22,26). The highest BCUT2D eigenvalue weighted by molar-refractivity contribution is 6.01. The van der Waals surface area contributed by atoms with E-state index in [9.17, 15) is 9.59 Å². The SMILES string of the molecule is CCn1nccc1C(=O)Nc1nnc(C2CC(=O)N(c3ccccc3)C2)o1. The van der Waals surface area contributed by atoms with Crippen LogP contribution in [0.25, 0.3) is 0 Å². The molecule has 1 saturated heterocycles. The molecule has 9 nitrogen and oxygen atoms in total. The maximum absolute atomic E-state index is 12.3. The topological polar surface area (TPSA) is 106 Å². The van der Waals surface area contributed by atoms with Gasteiger partial charge in [0.25, 0.3) is 5.91 Å². The van der Waals surface area contributed by atoms with Gasteiger partial charge in [0.2, 0.25) is 11.8 Å². The summed E-state index contributed by atoms with van der Waals surface area (Å²) < 4.78 is 7.15. The Bertz CT molecular complexity index is 964. The van der Waals surface area contributed by atoms with Gasteiger partial charge in [0.05, 0.1) is 5.92 Å². The third-order valence-electron chi connectivity index (χ3n) is 4.45. The first kappa shape index (κ1) is 17.0. The number of hydrogen-bond donors (Lipinski definition) is 1. The van der Waals surface area contributed by atoms with Gasteiger partial charge in [0.1, 0.15) is 5.69 Å². The second kappa shape index (κ2) is 7.02. The van der Waals surface area contributed by atoms with Crippen molar-refractivity contribution in [1.29, 1.82) is 0 Å². The van der Waals surface area contributed by atoms with E-state index >= 15 is 0 Å². The Labute approximate surface area is 155 Å². The first-order chi connectivity index (χ1) is 13.2. The molecule has 1 aliphatic heterocycles. The summed E-state index contributed by atoms with van der Waals surface area (Å²) in [6.45, 7) is 2.93. The molecular formula is C18H18N6O3. The Kier molecular flexibility index (Phi) is 4.41. The van der Waals surface area contributed by atoms with E-state index in [4.69, 9.17) is 4.42 Å². The molecule has 2 amide bonds. The van der Waals surface area contributed by atoms with Gasteiger partial charge >= 0.3 is 6.01 Å². The minimum atomic E-state index is -0.377. The van der Waals surface area contributed by atoms with Crippen LogP contribution in [0.4, 0.5) is 11.7 Å². The predicted molar refractivity (Wildman–Crippen MR) is 96.3 cm³/mol. The zero-order valence-electron chi connectivity index (χ0n) is 14.7. The number of hydrogen-bond acceptors (Lipinski definition) is 6. The number of anilines is 2. The maximum Gasteiger partial charge on any atom is 0.322 e. The summed E-state index contributed by atoms with van der Waals surface area (Å²) in [4.78, 5) is 26.3. The van der Waals surface area contributed by atoms with Crippen LogP contribution in [-0.4, -0.2) is 38.3 Å². The number of aryl methyl sites for hydroxylation is 1. The van der Waals surface area contributed by atoms with Gasteiger partial charge in [-0.1, -0.05) is 23.3 Å². The molecule has 9 heteroatoms. The van der Waals surface area contributed by atoms with Gasteiger partial charge in [0.15, 0.2) is 0 Å². The minimum absolute atomic E-state index is 0.00170. The number of benzene rings is 1. The molecule has 27 heavy (non-hydrogen) atoms. The molecule has 0 aliphatic carbocycles. The molecule has 2 aromatic heterocycles. The lowest BCUT2D eigenvalue weighted by Gasteiger charge is -2.15. The molecule has 1 unspecified atom stereocenters. The van der Waals surface area contributed by atoms with Crippen molar-refractivity contribution in [3.63, 3.8) is 0 Å². The van der Waals surface area contributed by atoms with Crippen LogP contribution in [0.5, 0.6) is 0 Å². The van der Waals surface area contributed by atoms with Crippen molar-refractivity contribution in [2.45, 2.75) is 25.8 Å². The molecule has 138 valence electrons. The molecule has 0 radical (unpaired) electrons. The lowest BCUT2D eigenvalue weighted by atomic mass is 10.1. The molecule has 1 aromatic carbocycles. The number of carbonyl (C=O) groups is 2. The Morgan fingerprint density at radius 2 is 2.07 bits per heavy atom. The molecule has 3 aromatic rings. The Morgan fingerprint density at radius 1 is 1.26 bits per heavy atom. The molecule has 1 atom stereocenters. The Hall–Kier alpha value is -3.49. The van der Waals surface area contributed by atoms with E-state index in [0.717, 1.165) is 5.69 Å². The van der Waals surface area contributed by atoms with E-state index in [1.807, 2.05) is 37.3 Å². The monoisotopic (exact) mass is 366 g/mol.